The molecule has 26 heavy (non-hydrogen) atoms. The molecular formula is C19H17N5O2. The maximum Gasteiger partial charge on any atom is 0.274 e. The Bertz CT molecular complexity index is 1210. The fourth-order valence-corrected chi connectivity index (χ4v) is 3.14. The Hall–Kier alpha value is -3.48. The molecule has 0 aliphatic heterocycles. The topological polar surface area (TPSA) is 81.3 Å². The first kappa shape index (κ1) is 16.0. The largest absolute Gasteiger partial charge is 0.345 e. The molecule has 1 aromatic carbocycles. The molecule has 0 unspecified atom stereocenters. The summed E-state index contributed by atoms with van der Waals surface area (Å²) in [7, 11) is 1.61. The predicted molar refractivity (Wildman–Crippen MR) is 98.1 cm³/mol. The third kappa shape index (κ3) is 2.54. The van der Waals surface area contributed by atoms with Gasteiger partial charge < -0.3 is 5.32 Å². The second kappa shape index (κ2) is 6.11. The van der Waals surface area contributed by atoms with Crippen LogP contribution in [-0.4, -0.2) is 25.1 Å². The maximum absolute atomic E-state index is 12.7. The summed E-state index contributed by atoms with van der Waals surface area (Å²) in [5, 5.41) is 8.53. The van der Waals surface area contributed by atoms with Gasteiger partial charge in [0.1, 0.15) is 11.3 Å². The molecule has 0 atom stereocenters. The normalized spacial score (nSPS) is 11.2. The Balaban J connectivity index is 1.68. The fraction of sp³-hybridized carbons (Fsp3) is 0.158. The van der Waals surface area contributed by atoms with Crippen LogP contribution in [0.5, 0.6) is 0 Å². The smallest absolute Gasteiger partial charge is 0.274 e. The zero-order chi connectivity index (χ0) is 18.3. The van der Waals surface area contributed by atoms with Crippen LogP contribution in [0, 0.1) is 6.92 Å². The number of pyridine rings is 1. The Morgan fingerprint density at radius 3 is 2.65 bits per heavy atom. The molecule has 0 spiro atoms. The van der Waals surface area contributed by atoms with Gasteiger partial charge in [0.2, 0.25) is 0 Å². The summed E-state index contributed by atoms with van der Waals surface area (Å²) < 4.78 is 3.06. The Labute approximate surface area is 148 Å². The van der Waals surface area contributed by atoms with Crippen molar-refractivity contribution in [1.82, 2.24) is 24.5 Å². The molecule has 3 aromatic heterocycles. The summed E-state index contributed by atoms with van der Waals surface area (Å²) in [5.74, 6) is -0.235. The van der Waals surface area contributed by atoms with Crippen molar-refractivity contribution in [2.24, 2.45) is 7.05 Å². The quantitative estimate of drug-likeness (QED) is 0.613. The number of nitrogens with zero attached hydrogens (tertiary/aromatic N) is 4. The molecule has 0 bridgehead atoms. The number of fused-ring (bicyclic) bond motifs is 2. The van der Waals surface area contributed by atoms with Crippen LogP contribution >= 0.6 is 0 Å². The molecule has 130 valence electrons. The highest BCUT2D eigenvalue weighted by Gasteiger charge is 2.17. The predicted octanol–water partition coefficient (Wildman–Crippen LogP) is 1.82. The Morgan fingerprint density at radius 1 is 1.12 bits per heavy atom. The first-order chi connectivity index (χ1) is 12.6. The van der Waals surface area contributed by atoms with E-state index in [4.69, 9.17) is 0 Å². The lowest BCUT2D eigenvalue weighted by molar-refractivity contribution is 0.0944. The van der Waals surface area contributed by atoms with Gasteiger partial charge in [0.25, 0.3) is 11.5 Å². The zero-order valence-corrected chi connectivity index (χ0v) is 14.4. The first-order valence-corrected chi connectivity index (χ1v) is 8.23. The average Bonchev–Trinajstić information content (AvgIpc) is 2.99. The number of carbonyl (C=O) groups is 1. The lowest BCUT2D eigenvalue weighted by Crippen LogP contribution is -2.28. The van der Waals surface area contributed by atoms with E-state index in [0.29, 0.717) is 22.5 Å². The number of rotatable bonds is 3. The summed E-state index contributed by atoms with van der Waals surface area (Å²) in [5.41, 5.74) is 2.36. The molecule has 7 nitrogen and oxygen atoms in total. The Kier molecular flexibility index (Phi) is 3.76. The summed E-state index contributed by atoms with van der Waals surface area (Å²) >= 11 is 0. The van der Waals surface area contributed by atoms with E-state index in [-0.39, 0.29) is 18.0 Å². The second-order valence-electron chi connectivity index (χ2n) is 6.08. The highest BCUT2D eigenvalue weighted by atomic mass is 16.2. The summed E-state index contributed by atoms with van der Waals surface area (Å²) in [4.78, 5) is 29.3. The van der Waals surface area contributed by atoms with E-state index >= 15 is 0 Å². The van der Waals surface area contributed by atoms with E-state index in [9.17, 15) is 9.59 Å². The number of imidazole rings is 1. The van der Waals surface area contributed by atoms with E-state index in [0.717, 1.165) is 11.0 Å². The van der Waals surface area contributed by atoms with E-state index < -0.39 is 0 Å². The molecule has 1 N–H and O–H groups in total. The third-order valence-corrected chi connectivity index (χ3v) is 4.37. The molecule has 0 aliphatic carbocycles. The van der Waals surface area contributed by atoms with Gasteiger partial charge in [0.05, 0.1) is 23.3 Å². The summed E-state index contributed by atoms with van der Waals surface area (Å²) in [6.07, 6.45) is 1.81. The van der Waals surface area contributed by atoms with E-state index in [1.54, 1.807) is 17.5 Å². The van der Waals surface area contributed by atoms with Crippen molar-refractivity contribution < 1.29 is 4.79 Å². The number of aromatic nitrogens is 4. The Morgan fingerprint density at radius 2 is 1.85 bits per heavy atom. The number of carbonyl (C=O) groups excluding carboxylic acids is 1. The van der Waals surface area contributed by atoms with Crippen LogP contribution in [0.3, 0.4) is 0 Å². The van der Waals surface area contributed by atoms with Crippen molar-refractivity contribution in [1.29, 1.82) is 0 Å². The standard InChI is InChI=1S/C19H17N5O2/c1-12-17(24-10-6-5-9-16(24)21-12)18(25)20-11-15-13-7-3-4-8-14(13)19(26)23(2)22-15/h3-10H,11H2,1-2H3,(H,20,25). The van der Waals surface area contributed by atoms with Crippen molar-refractivity contribution in [2.45, 2.75) is 13.5 Å². The highest BCUT2D eigenvalue weighted by Crippen LogP contribution is 2.14. The van der Waals surface area contributed by atoms with Gasteiger partial charge in [-0.05, 0) is 25.1 Å². The maximum atomic E-state index is 12.7. The molecular weight excluding hydrogens is 330 g/mol. The van der Waals surface area contributed by atoms with Crippen molar-refractivity contribution >= 4 is 22.3 Å². The van der Waals surface area contributed by atoms with Crippen LogP contribution in [-0.2, 0) is 13.6 Å². The van der Waals surface area contributed by atoms with Crippen LogP contribution in [0.2, 0.25) is 0 Å². The SMILES string of the molecule is Cc1nc2ccccn2c1C(=O)NCc1nn(C)c(=O)c2ccccc12. The molecule has 4 aromatic rings. The van der Waals surface area contributed by atoms with Crippen molar-refractivity contribution in [3.8, 4) is 0 Å². The highest BCUT2D eigenvalue weighted by molar-refractivity contribution is 5.95. The van der Waals surface area contributed by atoms with Crippen LogP contribution in [0.15, 0.2) is 53.5 Å². The van der Waals surface area contributed by atoms with Gasteiger partial charge in [-0.25, -0.2) is 9.67 Å². The molecule has 0 radical (unpaired) electrons. The first-order valence-electron chi connectivity index (χ1n) is 8.23. The molecule has 7 heteroatoms. The molecule has 4 rings (SSSR count). The van der Waals surface area contributed by atoms with Crippen molar-refractivity contribution in [3.05, 3.63) is 76.1 Å². The van der Waals surface area contributed by atoms with Crippen LogP contribution in [0.1, 0.15) is 21.9 Å². The van der Waals surface area contributed by atoms with Gasteiger partial charge in [-0.3, -0.25) is 14.0 Å². The molecule has 3 heterocycles. The van der Waals surface area contributed by atoms with E-state index in [1.165, 1.54) is 4.68 Å². The van der Waals surface area contributed by atoms with E-state index in [1.807, 2.05) is 49.5 Å². The van der Waals surface area contributed by atoms with Crippen LogP contribution < -0.4 is 10.9 Å². The zero-order valence-electron chi connectivity index (χ0n) is 14.4. The molecule has 1 amide bonds. The van der Waals surface area contributed by atoms with E-state index in [2.05, 4.69) is 15.4 Å². The monoisotopic (exact) mass is 347 g/mol. The van der Waals surface area contributed by atoms with Gasteiger partial charge in [0, 0.05) is 18.6 Å². The molecule has 0 aliphatic rings. The van der Waals surface area contributed by atoms with Gasteiger partial charge in [-0.2, -0.15) is 5.10 Å². The number of hydrogen-bond acceptors (Lipinski definition) is 4. The minimum Gasteiger partial charge on any atom is -0.345 e. The molecule has 0 saturated carbocycles. The second-order valence-corrected chi connectivity index (χ2v) is 6.08. The van der Waals surface area contributed by atoms with Crippen molar-refractivity contribution in [2.75, 3.05) is 0 Å². The minimum atomic E-state index is -0.235. The van der Waals surface area contributed by atoms with Gasteiger partial charge in [-0.1, -0.05) is 24.3 Å². The number of hydrogen-bond donors (Lipinski definition) is 1. The van der Waals surface area contributed by atoms with Crippen LogP contribution in [0.25, 0.3) is 16.4 Å². The lowest BCUT2D eigenvalue weighted by atomic mass is 10.1. The van der Waals surface area contributed by atoms with Gasteiger partial charge in [0.15, 0.2) is 0 Å². The average molecular weight is 347 g/mol. The number of aryl methyl sites for hydroxylation is 2. The van der Waals surface area contributed by atoms with Crippen molar-refractivity contribution in [3.63, 3.8) is 0 Å². The summed E-state index contributed by atoms with van der Waals surface area (Å²) in [6.45, 7) is 2.02. The number of nitrogens with one attached hydrogen (secondary N) is 1. The third-order valence-electron chi connectivity index (χ3n) is 4.37. The minimum absolute atomic E-state index is 0.159. The van der Waals surface area contributed by atoms with Gasteiger partial charge >= 0.3 is 0 Å². The lowest BCUT2D eigenvalue weighted by Gasteiger charge is -2.09. The summed E-state index contributed by atoms with van der Waals surface area (Å²) in [6, 6.07) is 12.9. The molecule has 0 fully saturated rings. The van der Waals surface area contributed by atoms with Crippen LogP contribution in [0.4, 0.5) is 0 Å². The number of amides is 1. The van der Waals surface area contributed by atoms with Gasteiger partial charge in [-0.15, -0.1) is 0 Å². The fourth-order valence-electron chi connectivity index (χ4n) is 3.14. The molecule has 0 saturated heterocycles. The number of benzene rings is 1.